The maximum absolute atomic E-state index is 0. The van der Waals surface area contributed by atoms with E-state index in [0.717, 1.165) is 0 Å². The zero-order chi connectivity index (χ0) is 0. The maximum atomic E-state index is 0. The van der Waals surface area contributed by atoms with Crippen molar-refractivity contribution >= 4 is 28.3 Å². The Morgan fingerprint density at radius 1 is 1.00 bits per heavy atom. The Labute approximate surface area is 62.5 Å². The normalized spacial score (nSPS) is 0. The quantitative estimate of drug-likeness (QED) is 0.410. The molecule has 0 bridgehead atoms. The van der Waals surface area contributed by atoms with Gasteiger partial charge in [-0.1, -0.05) is 0 Å². The van der Waals surface area contributed by atoms with Crippen molar-refractivity contribution in [2.24, 2.45) is 0 Å². The van der Waals surface area contributed by atoms with Gasteiger partial charge in [0.1, 0.15) is 0 Å². The first-order valence-electron chi connectivity index (χ1n) is 0. The molecule has 0 unspecified atom stereocenters. The Kier molecular flexibility index (Phi) is 220. The van der Waals surface area contributed by atoms with Crippen LogP contribution in [0.15, 0.2) is 0 Å². The molecule has 0 heterocycles. The van der Waals surface area contributed by atoms with Gasteiger partial charge in [0.2, 0.25) is 0 Å². The van der Waals surface area contributed by atoms with E-state index in [2.05, 4.69) is 0 Å². The van der Waals surface area contributed by atoms with Crippen LogP contribution in [0.5, 0.6) is 0 Å². The molecule has 4 heteroatoms. The first kappa shape index (κ1) is 41.2. The predicted molar refractivity (Wildman–Crippen MR) is 11.5 cm³/mol. The van der Waals surface area contributed by atoms with Gasteiger partial charge in [0.15, 0.2) is 0 Å². The van der Waals surface area contributed by atoms with Gasteiger partial charge in [-0.2, -0.15) is 0 Å². The summed E-state index contributed by atoms with van der Waals surface area (Å²) in [6.45, 7) is 0. The van der Waals surface area contributed by atoms with Gasteiger partial charge in [0, 0.05) is 62.8 Å². The van der Waals surface area contributed by atoms with Crippen molar-refractivity contribution < 1.29 is 34.4 Å². The molecule has 0 aliphatic heterocycles. The van der Waals surface area contributed by atoms with E-state index in [4.69, 9.17) is 0 Å². The average molecular weight is 162 g/mol. The summed E-state index contributed by atoms with van der Waals surface area (Å²) in [5.74, 6) is 0. The van der Waals surface area contributed by atoms with Gasteiger partial charge >= 0.3 is 0 Å². The zero-order valence-corrected chi connectivity index (χ0v) is 6.47. The van der Waals surface area contributed by atoms with Crippen molar-refractivity contribution in [3.8, 4) is 0 Å². The summed E-state index contributed by atoms with van der Waals surface area (Å²) in [4.78, 5) is 0. The molecule has 0 aromatic rings. The minimum Gasteiger partial charge on any atom is 0 e. The molecule has 0 aliphatic rings. The third-order valence-electron chi connectivity index (χ3n) is 0. The number of rotatable bonds is 0. The number of hydrogen-bond acceptors (Lipinski definition) is 0. The predicted octanol–water partition coefficient (Wildman–Crippen LogP) is -0.767. The molecule has 4 heavy (non-hydrogen) atoms. The third-order valence-corrected chi connectivity index (χ3v) is 0. The maximum Gasteiger partial charge on any atom is 0 e. The molecule has 0 aromatic heterocycles. The van der Waals surface area contributed by atoms with Gasteiger partial charge < -0.3 is 0 Å². The Hall–Kier alpha value is 1.80. The summed E-state index contributed by atoms with van der Waals surface area (Å²) < 4.78 is 0. The van der Waals surface area contributed by atoms with Crippen molar-refractivity contribution in [2.45, 2.75) is 0 Å². The monoisotopic (exact) mass is 162 g/mol. The fraction of sp³-hybridized carbons (Fsp3) is 0. The fourth-order valence-electron chi connectivity index (χ4n) is 0. The second-order valence-corrected chi connectivity index (χ2v) is 0. The van der Waals surface area contributed by atoms with E-state index in [1.54, 1.807) is 0 Å². The van der Waals surface area contributed by atoms with Crippen LogP contribution in [0.2, 0.25) is 0 Å². The van der Waals surface area contributed by atoms with E-state index in [-0.39, 0.29) is 62.8 Å². The molecule has 20 valence electrons. The molecular weight excluding hydrogens is 162 g/mol. The summed E-state index contributed by atoms with van der Waals surface area (Å²) in [5, 5.41) is 0. The Morgan fingerprint density at radius 3 is 1.00 bits per heavy atom. The van der Waals surface area contributed by atoms with Crippen molar-refractivity contribution in [1.82, 2.24) is 0 Å². The Morgan fingerprint density at radius 2 is 1.00 bits per heavy atom. The van der Waals surface area contributed by atoms with Crippen LogP contribution in [-0.4, -0.2) is 28.3 Å². The molecular formula is AlCrMnSi. The molecule has 0 saturated heterocycles. The molecule has 0 N–H and O–H groups in total. The second-order valence-electron chi connectivity index (χ2n) is 0. The summed E-state index contributed by atoms with van der Waals surface area (Å²) in [6, 6.07) is 0. The van der Waals surface area contributed by atoms with Gasteiger partial charge in [-0.25, -0.2) is 0 Å². The van der Waals surface area contributed by atoms with E-state index in [9.17, 15) is 0 Å². The fourth-order valence-corrected chi connectivity index (χ4v) is 0. The van der Waals surface area contributed by atoms with Crippen LogP contribution in [0.3, 0.4) is 0 Å². The molecule has 0 amide bonds. The van der Waals surface area contributed by atoms with Crippen molar-refractivity contribution in [3.63, 3.8) is 0 Å². The molecule has 0 saturated carbocycles. The third kappa shape index (κ3) is 9.19. The minimum atomic E-state index is 0. The summed E-state index contributed by atoms with van der Waals surface area (Å²) in [6.07, 6.45) is 0. The summed E-state index contributed by atoms with van der Waals surface area (Å²) in [7, 11) is 0. The second kappa shape index (κ2) is 21.4. The smallest absolute Gasteiger partial charge is 0 e. The van der Waals surface area contributed by atoms with E-state index in [1.807, 2.05) is 0 Å². The van der Waals surface area contributed by atoms with Gasteiger partial charge in [-0.15, -0.1) is 0 Å². The van der Waals surface area contributed by atoms with Gasteiger partial charge in [0.25, 0.3) is 0 Å². The van der Waals surface area contributed by atoms with Crippen molar-refractivity contribution in [3.05, 3.63) is 0 Å². The van der Waals surface area contributed by atoms with E-state index in [0.29, 0.717) is 0 Å². The molecule has 0 fully saturated rings. The summed E-state index contributed by atoms with van der Waals surface area (Å²) >= 11 is 0. The van der Waals surface area contributed by atoms with Crippen LogP contribution >= 0.6 is 0 Å². The van der Waals surface area contributed by atoms with Crippen LogP contribution in [-0.2, 0) is 34.4 Å². The van der Waals surface area contributed by atoms with E-state index < -0.39 is 0 Å². The molecule has 0 spiro atoms. The van der Waals surface area contributed by atoms with Crippen molar-refractivity contribution in [2.75, 3.05) is 0 Å². The van der Waals surface area contributed by atoms with Crippen LogP contribution < -0.4 is 0 Å². The number of hydrogen-bond donors (Lipinski definition) is 0. The Bertz CT molecular complexity index is 8.00. The largest absolute Gasteiger partial charge is 0 e. The van der Waals surface area contributed by atoms with Crippen LogP contribution in [0.25, 0.3) is 0 Å². The average Bonchev–Trinajstić information content (AvgIpc) is 0. The van der Waals surface area contributed by atoms with Crippen LogP contribution in [0.1, 0.15) is 0 Å². The minimum absolute atomic E-state index is 0. The van der Waals surface area contributed by atoms with Crippen LogP contribution in [0, 0.1) is 0 Å². The van der Waals surface area contributed by atoms with E-state index in [1.165, 1.54) is 0 Å². The molecule has 0 atom stereocenters. The SMILES string of the molecule is [Al].[Cr].[Mn].[Si]. The van der Waals surface area contributed by atoms with E-state index >= 15 is 0 Å². The molecule has 0 rings (SSSR count). The van der Waals surface area contributed by atoms with Gasteiger partial charge in [-0.3, -0.25) is 0 Å². The zero-order valence-electron chi connectivity index (χ0n) is 1.86. The van der Waals surface area contributed by atoms with Crippen LogP contribution in [0.4, 0.5) is 0 Å². The standard InChI is InChI=1S/Al.Cr.Mn.Si. The molecule has 0 nitrogen and oxygen atoms in total. The Balaban J connectivity index is 0. The van der Waals surface area contributed by atoms with Gasteiger partial charge in [0.05, 0.1) is 0 Å². The molecule has 8 radical (unpaired) electrons. The van der Waals surface area contributed by atoms with Crippen molar-refractivity contribution in [1.29, 1.82) is 0 Å². The topological polar surface area (TPSA) is 0 Å². The molecule has 0 aliphatic carbocycles. The summed E-state index contributed by atoms with van der Waals surface area (Å²) in [5.41, 5.74) is 0. The molecule has 0 aromatic carbocycles. The van der Waals surface area contributed by atoms with Gasteiger partial charge in [-0.05, 0) is 0 Å². The first-order chi connectivity index (χ1) is 0. The first-order valence-corrected chi connectivity index (χ1v) is 0.